The number of likely N-dealkylation sites (tertiary alicyclic amines) is 2. The molecule has 2 heterocycles. The van der Waals surface area contributed by atoms with E-state index in [1.165, 1.54) is 0 Å². The highest BCUT2D eigenvalue weighted by atomic mass is 16.6. The molecule has 5 heteroatoms. The maximum atomic E-state index is 12.2. The van der Waals surface area contributed by atoms with Gasteiger partial charge in [-0.05, 0) is 46.0 Å². The Hall–Kier alpha value is -1.26. The van der Waals surface area contributed by atoms with Crippen molar-refractivity contribution in [3.05, 3.63) is 0 Å². The second-order valence-corrected chi connectivity index (χ2v) is 7.30. The molecule has 0 bridgehead atoms. The van der Waals surface area contributed by atoms with Crippen molar-refractivity contribution in [2.45, 2.75) is 65.0 Å². The van der Waals surface area contributed by atoms with Gasteiger partial charge >= 0.3 is 6.09 Å². The lowest BCUT2D eigenvalue weighted by Crippen LogP contribution is -2.56. The minimum atomic E-state index is -0.476. The molecule has 2 aliphatic heterocycles. The number of hydrogen-bond donors (Lipinski definition) is 0. The van der Waals surface area contributed by atoms with Gasteiger partial charge in [-0.15, -0.1) is 0 Å². The Bertz CT molecular complexity index is 403. The third kappa shape index (κ3) is 4.11. The number of rotatable bonds is 1. The monoisotopic (exact) mass is 296 g/mol. The summed E-state index contributed by atoms with van der Waals surface area (Å²) in [6.45, 7) is 9.96. The zero-order valence-electron chi connectivity index (χ0n) is 13.7. The van der Waals surface area contributed by atoms with Crippen molar-refractivity contribution < 1.29 is 14.3 Å². The van der Waals surface area contributed by atoms with E-state index in [1.807, 2.05) is 25.7 Å². The highest BCUT2D eigenvalue weighted by Gasteiger charge is 2.37. The molecular formula is C16H28N2O3. The topological polar surface area (TPSA) is 49.9 Å². The maximum absolute atomic E-state index is 12.2. The second-order valence-electron chi connectivity index (χ2n) is 7.30. The summed E-state index contributed by atoms with van der Waals surface area (Å²) in [5, 5.41) is 0. The number of amides is 2. The quantitative estimate of drug-likeness (QED) is 0.747. The van der Waals surface area contributed by atoms with Gasteiger partial charge in [0.1, 0.15) is 5.60 Å². The number of ether oxygens (including phenoxy) is 1. The fourth-order valence-corrected chi connectivity index (χ4v) is 3.12. The number of hydrogen-bond acceptors (Lipinski definition) is 3. The normalized spacial score (nSPS) is 27.7. The van der Waals surface area contributed by atoms with Crippen molar-refractivity contribution in [3.63, 3.8) is 0 Å². The molecule has 0 spiro atoms. The van der Waals surface area contributed by atoms with Crippen LogP contribution in [0.3, 0.4) is 0 Å². The van der Waals surface area contributed by atoms with E-state index < -0.39 is 5.60 Å². The molecule has 2 atom stereocenters. The summed E-state index contributed by atoms with van der Waals surface area (Å²) >= 11 is 0. The Morgan fingerprint density at radius 2 is 1.95 bits per heavy atom. The Balaban J connectivity index is 2.01. The molecule has 120 valence electrons. The SMILES string of the molecule is C[C@H]1CCN(C(=O)OC(C)(C)C)C[C@@H]1N1CCCCC1=O. The molecule has 0 aromatic rings. The fraction of sp³-hybridized carbons (Fsp3) is 0.875. The van der Waals surface area contributed by atoms with E-state index in [0.29, 0.717) is 25.4 Å². The molecule has 0 radical (unpaired) electrons. The average molecular weight is 296 g/mol. The molecule has 2 fully saturated rings. The Morgan fingerprint density at radius 3 is 2.57 bits per heavy atom. The van der Waals surface area contributed by atoms with Crippen LogP contribution in [0.15, 0.2) is 0 Å². The zero-order chi connectivity index (χ0) is 15.6. The van der Waals surface area contributed by atoms with Crippen LogP contribution in [0.25, 0.3) is 0 Å². The molecule has 2 amide bonds. The van der Waals surface area contributed by atoms with Gasteiger partial charge in [-0.3, -0.25) is 4.79 Å². The molecule has 0 N–H and O–H groups in total. The van der Waals surface area contributed by atoms with E-state index in [0.717, 1.165) is 25.8 Å². The molecule has 0 saturated carbocycles. The predicted molar refractivity (Wildman–Crippen MR) is 80.9 cm³/mol. The van der Waals surface area contributed by atoms with Crippen molar-refractivity contribution >= 4 is 12.0 Å². The highest BCUT2D eigenvalue weighted by molar-refractivity contribution is 5.77. The molecule has 0 aliphatic carbocycles. The first-order valence-electron chi connectivity index (χ1n) is 8.05. The van der Waals surface area contributed by atoms with Gasteiger partial charge < -0.3 is 14.5 Å². The zero-order valence-corrected chi connectivity index (χ0v) is 13.7. The third-order valence-electron chi connectivity index (χ3n) is 4.33. The molecule has 2 aliphatic rings. The van der Waals surface area contributed by atoms with E-state index in [-0.39, 0.29) is 18.0 Å². The van der Waals surface area contributed by atoms with Crippen molar-refractivity contribution in [2.24, 2.45) is 5.92 Å². The average Bonchev–Trinajstić information content (AvgIpc) is 2.38. The molecule has 2 rings (SSSR count). The van der Waals surface area contributed by atoms with Crippen LogP contribution < -0.4 is 0 Å². The summed E-state index contributed by atoms with van der Waals surface area (Å²) in [5.74, 6) is 0.676. The number of carbonyl (C=O) groups excluding carboxylic acids is 2. The minimum absolute atomic E-state index is 0.138. The first kappa shape index (κ1) is 16.1. The third-order valence-corrected chi connectivity index (χ3v) is 4.33. The second kappa shape index (κ2) is 6.24. The largest absolute Gasteiger partial charge is 0.444 e. The van der Waals surface area contributed by atoms with Gasteiger partial charge in [-0.25, -0.2) is 4.79 Å². The molecule has 21 heavy (non-hydrogen) atoms. The summed E-state index contributed by atoms with van der Waals surface area (Å²) in [4.78, 5) is 28.1. The number of piperidine rings is 2. The van der Waals surface area contributed by atoms with Crippen molar-refractivity contribution in [3.8, 4) is 0 Å². The molecular weight excluding hydrogens is 268 g/mol. The lowest BCUT2D eigenvalue weighted by Gasteiger charge is -2.44. The van der Waals surface area contributed by atoms with Crippen molar-refractivity contribution in [1.82, 2.24) is 9.80 Å². The molecule has 0 aromatic heterocycles. The van der Waals surface area contributed by atoms with Crippen LogP contribution in [0.1, 0.15) is 53.4 Å². The lowest BCUT2D eigenvalue weighted by atomic mass is 9.91. The van der Waals surface area contributed by atoms with E-state index in [4.69, 9.17) is 4.74 Å². The summed E-state index contributed by atoms with van der Waals surface area (Å²) in [6.07, 6.45) is 3.38. The molecule has 5 nitrogen and oxygen atoms in total. The number of carbonyl (C=O) groups is 2. The van der Waals surface area contributed by atoms with Crippen LogP contribution in [0.5, 0.6) is 0 Å². The maximum Gasteiger partial charge on any atom is 0.410 e. The van der Waals surface area contributed by atoms with Crippen LogP contribution in [-0.4, -0.2) is 53.1 Å². The van der Waals surface area contributed by atoms with Gasteiger partial charge in [0.25, 0.3) is 0 Å². The van der Waals surface area contributed by atoms with Gasteiger partial charge in [-0.2, -0.15) is 0 Å². The van der Waals surface area contributed by atoms with Crippen molar-refractivity contribution in [2.75, 3.05) is 19.6 Å². The first-order valence-corrected chi connectivity index (χ1v) is 8.05. The van der Waals surface area contributed by atoms with Gasteiger partial charge in [-0.1, -0.05) is 6.92 Å². The summed E-state index contributed by atoms with van der Waals surface area (Å²) in [7, 11) is 0. The summed E-state index contributed by atoms with van der Waals surface area (Å²) < 4.78 is 5.46. The number of nitrogens with zero attached hydrogens (tertiary/aromatic N) is 2. The molecule has 0 aromatic carbocycles. The van der Waals surface area contributed by atoms with Gasteiger partial charge in [0.15, 0.2) is 0 Å². The molecule has 0 unspecified atom stereocenters. The Kier molecular flexibility index (Phi) is 4.79. The van der Waals surface area contributed by atoms with Crippen molar-refractivity contribution in [1.29, 1.82) is 0 Å². The van der Waals surface area contributed by atoms with Gasteiger partial charge in [0.05, 0.1) is 6.04 Å². The van der Waals surface area contributed by atoms with E-state index >= 15 is 0 Å². The van der Waals surface area contributed by atoms with Crippen LogP contribution in [0.4, 0.5) is 4.79 Å². The van der Waals surface area contributed by atoms with E-state index in [1.54, 1.807) is 4.90 Å². The van der Waals surface area contributed by atoms with Crippen LogP contribution in [0, 0.1) is 5.92 Å². The highest BCUT2D eigenvalue weighted by Crippen LogP contribution is 2.26. The predicted octanol–water partition coefficient (Wildman–Crippen LogP) is 2.64. The minimum Gasteiger partial charge on any atom is -0.444 e. The standard InChI is InChI=1S/C16H28N2O3/c1-12-8-10-17(15(20)21-16(2,3)4)11-13(12)18-9-6-5-7-14(18)19/h12-13H,5-11H2,1-4H3/t12-,13-/m0/s1. The molecule has 2 saturated heterocycles. The summed E-state index contributed by atoms with van der Waals surface area (Å²) in [6, 6.07) is 0.138. The van der Waals surface area contributed by atoms with Gasteiger partial charge in [0, 0.05) is 26.1 Å². The first-order chi connectivity index (χ1) is 9.78. The van der Waals surface area contributed by atoms with E-state index in [9.17, 15) is 9.59 Å². The van der Waals surface area contributed by atoms with Crippen LogP contribution in [-0.2, 0) is 9.53 Å². The smallest absolute Gasteiger partial charge is 0.410 e. The van der Waals surface area contributed by atoms with E-state index in [2.05, 4.69) is 6.92 Å². The van der Waals surface area contributed by atoms with Gasteiger partial charge in [0.2, 0.25) is 5.91 Å². The van der Waals surface area contributed by atoms with Crippen LogP contribution in [0.2, 0.25) is 0 Å². The lowest BCUT2D eigenvalue weighted by molar-refractivity contribution is -0.138. The fourth-order valence-electron chi connectivity index (χ4n) is 3.12. The van der Waals surface area contributed by atoms with Crippen LogP contribution >= 0.6 is 0 Å². The Labute approximate surface area is 127 Å². The Morgan fingerprint density at radius 1 is 1.24 bits per heavy atom. The summed E-state index contributed by atoms with van der Waals surface area (Å²) in [5.41, 5.74) is -0.476.